The van der Waals surface area contributed by atoms with Crippen LogP contribution in [0.1, 0.15) is 24.2 Å². The van der Waals surface area contributed by atoms with E-state index in [0.717, 1.165) is 4.88 Å². The van der Waals surface area contributed by atoms with Crippen molar-refractivity contribution in [2.45, 2.75) is 24.3 Å². The van der Waals surface area contributed by atoms with Gasteiger partial charge >= 0.3 is 0 Å². The van der Waals surface area contributed by atoms with Crippen LogP contribution in [0.5, 0.6) is 0 Å². The van der Waals surface area contributed by atoms with Crippen molar-refractivity contribution in [3.8, 4) is 10.8 Å². The maximum absolute atomic E-state index is 12.4. The Morgan fingerprint density at radius 3 is 2.72 bits per heavy atom. The molecule has 0 bridgehead atoms. The van der Waals surface area contributed by atoms with E-state index in [1.54, 1.807) is 31.2 Å². The van der Waals surface area contributed by atoms with Crippen LogP contribution in [0.25, 0.3) is 10.8 Å². The Morgan fingerprint density at radius 1 is 1.20 bits per heavy atom. The van der Waals surface area contributed by atoms with Gasteiger partial charge in [-0.25, -0.2) is 0 Å². The van der Waals surface area contributed by atoms with Gasteiger partial charge in [-0.2, -0.15) is 0 Å². The zero-order valence-corrected chi connectivity index (χ0v) is 15.2. The van der Waals surface area contributed by atoms with Crippen LogP contribution in [-0.4, -0.2) is 27.1 Å². The van der Waals surface area contributed by atoms with Crippen molar-refractivity contribution in [1.29, 1.82) is 0 Å². The highest BCUT2D eigenvalue weighted by Gasteiger charge is 2.20. The molecule has 2 heterocycles. The van der Waals surface area contributed by atoms with Gasteiger partial charge in [-0.05, 0) is 37.4 Å². The van der Waals surface area contributed by atoms with Gasteiger partial charge in [0.05, 0.1) is 15.8 Å². The Morgan fingerprint density at radius 2 is 2.00 bits per heavy atom. The summed E-state index contributed by atoms with van der Waals surface area (Å²) < 4.78 is 5.58. The number of hydrogen-bond acceptors (Lipinski definition) is 7. The number of benzene rings is 1. The smallest absolute Gasteiger partial charge is 0.277 e. The third-order valence-electron chi connectivity index (χ3n) is 3.35. The van der Waals surface area contributed by atoms with Crippen LogP contribution in [0.3, 0.4) is 0 Å². The van der Waals surface area contributed by atoms with Crippen LogP contribution in [-0.2, 0) is 4.79 Å². The number of aromatic nitrogens is 2. The second-order valence-corrected chi connectivity index (χ2v) is 7.44. The van der Waals surface area contributed by atoms with Crippen molar-refractivity contribution in [2.75, 3.05) is 5.32 Å². The minimum atomic E-state index is -0.461. The molecule has 0 saturated carbocycles. The first-order valence-electron chi connectivity index (χ1n) is 7.49. The molecule has 3 rings (SSSR count). The predicted molar refractivity (Wildman–Crippen MR) is 98.0 cm³/mol. The molecule has 3 aromatic rings. The molecule has 1 unspecified atom stereocenters. The fourth-order valence-electron chi connectivity index (χ4n) is 2.10. The minimum Gasteiger partial charge on any atom is -0.410 e. The molecule has 8 heteroatoms. The van der Waals surface area contributed by atoms with Crippen molar-refractivity contribution in [3.05, 3.63) is 47.3 Å². The lowest BCUT2D eigenvalue weighted by Gasteiger charge is -2.12. The maximum atomic E-state index is 12.4. The lowest BCUT2D eigenvalue weighted by molar-refractivity contribution is -0.115. The number of nitrogens with zero attached hydrogens (tertiary/aromatic N) is 2. The molecule has 128 valence electrons. The lowest BCUT2D eigenvalue weighted by Crippen LogP contribution is -2.23. The zero-order valence-electron chi connectivity index (χ0n) is 13.6. The van der Waals surface area contributed by atoms with Crippen LogP contribution in [0, 0.1) is 0 Å². The number of thiophene rings is 1. The molecule has 1 amide bonds. The number of carbonyl (C=O) groups excluding carboxylic acids is 2. The normalized spacial score (nSPS) is 11.9. The molecule has 0 aliphatic rings. The number of amides is 1. The van der Waals surface area contributed by atoms with Gasteiger partial charge < -0.3 is 9.73 Å². The first-order valence-corrected chi connectivity index (χ1v) is 9.25. The molecule has 1 atom stereocenters. The summed E-state index contributed by atoms with van der Waals surface area (Å²) in [6, 6.07) is 10.7. The Balaban J connectivity index is 1.66. The molecule has 0 aliphatic carbocycles. The highest BCUT2D eigenvalue weighted by Crippen LogP contribution is 2.29. The topological polar surface area (TPSA) is 85.1 Å². The van der Waals surface area contributed by atoms with E-state index >= 15 is 0 Å². The standard InChI is InChI=1S/C17H15N3O3S2/c1-10(21)12-6-3-4-7-13(12)18-15(22)11(2)25-17-20-19-16(23-17)14-8-5-9-24-14/h3-9,11H,1-2H3,(H,18,22). The molecule has 25 heavy (non-hydrogen) atoms. The van der Waals surface area contributed by atoms with E-state index in [0.29, 0.717) is 22.4 Å². The number of para-hydroxylation sites is 1. The number of nitrogens with one attached hydrogen (secondary N) is 1. The van der Waals surface area contributed by atoms with E-state index in [9.17, 15) is 9.59 Å². The summed E-state index contributed by atoms with van der Waals surface area (Å²) in [4.78, 5) is 24.9. The van der Waals surface area contributed by atoms with Gasteiger partial charge in [0.2, 0.25) is 5.91 Å². The molecule has 0 radical (unpaired) electrons. The SMILES string of the molecule is CC(=O)c1ccccc1NC(=O)C(C)Sc1nnc(-c2cccs2)o1. The summed E-state index contributed by atoms with van der Waals surface area (Å²) in [5.41, 5.74) is 0.975. The van der Waals surface area contributed by atoms with Gasteiger partial charge in [-0.15, -0.1) is 21.5 Å². The van der Waals surface area contributed by atoms with Crippen molar-refractivity contribution in [1.82, 2.24) is 10.2 Å². The summed E-state index contributed by atoms with van der Waals surface area (Å²) in [7, 11) is 0. The molecule has 6 nitrogen and oxygen atoms in total. The number of carbonyl (C=O) groups is 2. The quantitative estimate of drug-likeness (QED) is 0.517. The van der Waals surface area contributed by atoms with Crippen LogP contribution >= 0.6 is 23.1 Å². The van der Waals surface area contributed by atoms with E-state index < -0.39 is 5.25 Å². The molecule has 0 spiro atoms. The molecule has 1 aromatic carbocycles. The molecule has 0 saturated heterocycles. The number of ketones is 1. The minimum absolute atomic E-state index is 0.103. The van der Waals surface area contributed by atoms with E-state index in [-0.39, 0.29) is 11.7 Å². The van der Waals surface area contributed by atoms with Gasteiger partial charge in [-0.3, -0.25) is 9.59 Å². The molecular formula is C17H15N3O3S2. The molecular weight excluding hydrogens is 358 g/mol. The second-order valence-electron chi connectivity index (χ2n) is 5.20. The number of rotatable bonds is 6. The number of hydrogen-bond donors (Lipinski definition) is 1. The highest BCUT2D eigenvalue weighted by molar-refractivity contribution is 8.00. The third kappa shape index (κ3) is 4.15. The largest absolute Gasteiger partial charge is 0.410 e. The second kappa shape index (κ2) is 7.62. The lowest BCUT2D eigenvalue weighted by atomic mass is 10.1. The summed E-state index contributed by atoms with van der Waals surface area (Å²) in [5, 5.41) is 12.5. The number of Topliss-reactive ketones (excluding diaryl/α,β-unsaturated/α-hetero) is 1. The predicted octanol–water partition coefficient (Wildman–Crippen LogP) is 4.12. The molecule has 1 N–H and O–H groups in total. The summed E-state index contributed by atoms with van der Waals surface area (Å²) >= 11 is 2.67. The van der Waals surface area contributed by atoms with Gasteiger partial charge in [0.15, 0.2) is 5.78 Å². The fraction of sp³-hybridized carbons (Fsp3) is 0.176. The van der Waals surface area contributed by atoms with Crippen molar-refractivity contribution in [2.24, 2.45) is 0 Å². The van der Waals surface area contributed by atoms with Gasteiger partial charge in [-0.1, -0.05) is 30.0 Å². The van der Waals surface area contributed by atoms with E-state index in [1.165, 1.54) is 30.0 Å². The van der Waals surface area contributed by atoms with Crippen molar-refractivity contribution >= 4 is 40.5 Å². The Hall–Kier alpha value is -2.45. The highest BCUT2D eigenvalue weighted by atomic mass is 32.2. The van der Waals surface area contributed by atoms with Gasteiger partial charge in [0, 0.05) is 5.56 Å². The summed E-state index contributed by atoms with van der Waals surface area (Å²) in [6.07, 6.45) is 0. The maximum Gasteiger partial charge on any atom is 0.277 e. The summed E-state index contributed by atoms with van der Waals surface area (Å²) in [5.74, 6) is 0.0929. The molecule has 0 fully saturated rings. The van der Waals surface area contributed by atoms with Crippen LogP contribution in [0.2, 0.25) is 0 Å². The Kier molecular flexibility index (Phi) is 5.30. The van der Waals surface area contributed by atoms with Gasteiger partial charge in [0.1, 0.15) is 0 Å². The summed E-state index contributed by atoms with van der Waals surface area (Å²) in [6.45, 7) is 3.21. The van der Waals surface area contributed by atoms with E-state index in [2.05, 4.69) is 15.5 Å². The first kappa shape index (κ1) is 17.4. The zero-order chi connectivity index (χ0) is 17.8. The molecule has 0 aliphatic heterocycles. The average Bonchev–Trinajstić information content (AvgIpc) is 3.26. The van der Waals surface area contributed by atoms with Crippen molar-refractivity contribution < 1.29 is 14.0 Å². The van der Waals surface area contributed by atoms with E-state index in [4.69, 9.17) is 4.42 Å². The number of anilines is 1. The van der Waals surface area contributed by atoms with Crippen LogP contribution in [0.4, 0.5) is 5.69 Å². The van der Waals surface area contributed by atoms with Gasteiger partial charge in [0.25, 0.3) is 11.1 Å². The molecule has 2 aromatic heterocycles. The average molecular weight is 373 g/mol. The van der Waals surface area contributed by atoms with E-state index in [1.807, 2.05) is 17.5 Å². The van der Waals surface area contributed by atoms with Crippen LogP contribution in [0.15, 0.2) is 51.4 Å². The Bertz CT molecular complexity index is 890. The fourth-order valence-corrected chi connectivity index (χ4v) is 3.42. The monoisotopic (exact) mass is 373 g/mol. The van der Waals surface area contributed by atoms with Crippen molar-refractivity contribution in [3.63, 3.8) is 0 Å². The first-order chi connectivity index (χ1) is 12.0. The number of thioether (sulfide) groups is 1. The Labute approximate surface area is 152 Å². The van der Waals surface area contributed by atoms with Crippen LogP contribution < -0.4 is 5.32 Å². The third-order valence-corrected chi connectivity index (χ3v) is 5.14.